The molecule has 0 bridgehead atoms. The lowest BCUT2D eigenvalue weighted by atomic mass is 10.1. The predicted octanol–water partition coefficient (Wildman–Crippen LogP) is 3.79. The van der Waals surface area contributed by atoms with Gasteiger partial charge in [-0.3, -0.25) is 9.67 Å². The molecule has 0 aliphatic heterocycles. The molecule has 136 valence electrons. The third-order valence-corrected chi connectivity index (χ3v) is 4.54. The molecule has 0 unspecified atom stereocenters. The second kappa shape index (κ2) is 6.75. The molecule has 4 aromatic rings. The van der Waals surface area contributed by atoms with Crippen LogP contribution in [0.2, 0.25) is 0 Å². The molecule has 0 spiro atoms. The van der Waals surface area contributed by atoms with Gasteiger partial charge in [0.15, 0.2) is 11.5 Å². The van der Waals surface area contributed by atoms with E-state index in [-0.39, 0.29) is 5.82 Å². The molecule has 0 saturated carbocycles. The minimum absolute atomic E-state index is 0.251. The first-order valence-electron chi connectivity index (χ1n) is 8.63. The molecule has 7 heteroatoms. The maximum atomic E-state index is 13.6. The largest absolute Gasteiger partial charge is 0.365 e. The van der Waals surface area contributed by atoms with Gasteiger partial charge in [-0.1, -0.05) is 6.07 Å². The second-order valence-corrected chi connectivity index (χ2v) is 6.47. The van der Waals surface area contributed by atoms with Gasteiger partial charge in [0, 0.05) is 31.5 Å². The molecule has 0 saturated heterocycles. The van der Waals surface area contributed by atoms with Crippen LogP contribution in [0, 0.1) is 19.7 Å². The first kappa shape index (κ1) is 17.1. The van der Waals surface area contributed by atoms with E-state index in [0.29, 0.717) is 18.2 Å². The number of benzene rings is 1. The van der Waals surface area contributed by atoms with Crippen LogP contribution < -0.4 is 5.32 Å². The molecule has 0 atom stereocenters. The SMILES string of the molecule is Cc1ccc(F)cc1CNc1nc(-c2cccnc2)nc2c1c(C)nn2C. The Bertz CT molecular complexity index is 1120. The number of fused-ring (bicyclic) bond motifs is 1. The monoisotopic (exact) mass is 362 g/mol. The molecule has 0 aliphatic rings. The number of nitrogens with one attached hydrogen (secondary N) is 1. The Hall–Kier alpha value is -3.35. The van der Waals surface area contributed by atoms with Crippen molar-refractivity contribution in [1.82, 2.24) is 24.7 Å². The van der Waals surface area contributed by atoms with Crippen molar-refractivity contribution in [3.05, 3.63) is 65.4 Å². The van der Waals surface area contributed by atoms with Crippen LogP contribution in [0.4, 0.5) is 10.2 Å². The number of halogens is 1. The summed E-state index contributed by atoms with van der Waals surface area (Å²) in [6.07, 6.45) is 3.44. The van der Waals surface area contributed by atoms with E-state index in [1.165, 1.54) is 6.07 Å². The highest BCUT2D eigenvalue weighted by atomic mass is 19.1. The maximum Gasteiger partial charge on any atom is 0.165 e. The molecule has 1 N–H and O–H groups in total. The van der Waals surface area contributed by atoms with Gasteiger partial charge in [-0.15, -0.1) is 0 Å². The summed E-state index contributed by atoms with van der Waals surface area (Å²) >= 11 is 0. The fourth-order valence-electron chi connectivity index (χ4n) is 3.10. The van der Waals surface area contributed by atoms with Crippen molar-refractivity contribution in [2.75, 3.05) is 5.32 Å². The normalized spacial score (nSPS) is 11.1. The Kier molecular flexibility index (Phi) is 4.27. The molecule has 3 aromatic heterocycles. The molecule has 3 heterocycles. The van der Waals surface area contributed by atoms with E-state index in [2.05, 4.69) is 20.4 Å². The number of pyridine rings is 1. The Morgan fingerprint density at radius 1 is 1.15 bits per heavy atom. The average Bonchev–Trinajstić information content (AvgIpc) is 2.97. The van der Waals surface area contributed by atoms with Crippen LogP contribution in [0.1, 0.15) is 16.8 Å². The van der Waals surface area contributed by atoms with Gasteiger partial charge in [0.1, 0.15) is 11.6 Å². The van der Waals surface area contributed by atoms with Crippen molar-refractivity contribution in [1.29, 1.82) is 0 Å². The van der Waals surface area contributed by atoms with E-state index < -0.39 is 0 Å². The third-order valence-electron chi connectivity index (χ3n) is 4.54. The maximum absolute atomic E-state index is 13.6. The number of hydrogen-bond donors (Lipinski definition) is 1. The van der Waals surface area contributed by atoms with Gasteiger partial charge < -0.3 is 5.32 Å². The van der Waals surface area contributed by atoms with Crippen LogP contribution >= 0.6 is 0 Å². The summed E-state index contributed by atoms with van der Waals surface area (Å²) in [5.74, 6) is 0.990. The summed E-state index contributed by atoms with van der Waals surface area (Å²) in [6.45, 7) is 4.34. The highest BCUT2D eigenvalue weighted by Crippen LogP contribution is 2.27. The zero-order valence-corrected chi connectivity index (χ0v) is 15.4. The molecule has 0 radical (unpaired) electrons. The quantitative estimate of drug-likeness (QED) is 0.598. The minimum atomic E-state index is -0.251. The number of nitrogens with zero attached hydrogens (tertiary/aromatic N) is 5. The Morgan fingerprint density at radius 3 is 2.78 bits per heavy atom. The Morgan fingerprint density at radius 2 is 2.00 bits per heavy atom. The highest BCUT2D eigenvalue weighted by molar-refractivity contribution is 5.90. The van der Waals surface area contributed by atoms with Gasteiger partial charge in [0.25, 0.3) is 0 Å². The first-order chi connectivity index (χ1) is 13.0. The molecule has 1 aromatic carbocycles. The van der Waals surface area contributed by atoms with Crippen molar-refractivity contribution < 1.29 is 4.39 Å². The predicted molar refractivity (Wildman–Crippen MR) is 103 cm³/mol. The number of aryl methyl sites for hydroxylation is 3. The zero-order valence-electron chi connectivity index (χ0n) is 15.4. The summed E-state index contributed by atoms with van der Waals surface area (Å²) in [5.41, 5.74) is 4.29. The number of aromatic nitrogens is 5. The number of hydrogen-bond acceptors (Lipinski definition) is 5. The van der Waals surface area contributed by atoms with Gasteiger partial charge in [-0.25, -0.2) is 14.4 Å². The smallest absolute Gasteiger partial charge is 0.165 e. The average molecular weight is 362 g/mol. The highest BCUT2D eigenvalue weighted by Gasteiger charge is 2.16. The fourth-order valence-corrected chi connectivity index (χ4v) is 3.10. The summed E-state index contributed by atoms with van der Waals surface area (Å²) < 4.78 is 15.3. The van der Waals surface area contributed by atoms with Crippen molar-refractivity contribution in [2.45, 2.75) is 20.4 Å². The topological polar surface area (TPSA) is 68.5 Å². The minimum Gasteiger partial charge on any atom is -0.365 e. The summed E-state index contributed by atoms with van der Waals surface area (Å²) in [5, 5.41) is 8.68. The summed E-state index contributed by atoms with van der Waals surface area (Å²) in [7, 11) is 1.86. The van der Waals surface area contributed by atoms with Gasteiger partial charge in [-0.05, 0) is 49.2 Å². The lowest BCUT2D eigenvalue weighted by molar-refractivity contribution is 0.625. The van der Waals surface area contributed by atoms with Crippen molar-refractivity contribution in [2.24, 2.45) is 7.05 Å². The van der Waals surface area contributed by atoms with Crippen LogP contribution in [0.5, 0.6) is 0 Å². The summed E-state index contributed by atoms with van der Waals surface area (Å²) in [6, 6.07) is 8.54. The van der Waals surface area contributed by atoms with E-state index in [1.807, 2.05) is 33.0 Å². The third kappa shape index (κ3) is 3.23. The molecular formula is C20H19FN6. The summed E-state index contributed by atoms with van der Waals surface area (Å²) in [4.78, 5) is 13.5. The molecule has 0 aliphatic carbocycles. The van der Waals surface area contributed by atoms with Gasteiger partial charge in [0.2, 0.25) is 0 Å². The molecule has 0 amide bonds. The number of rotatable bonds is 4. The zero-order chi connectivity index (χ0) is 19.0. The molecule has 4 rings (SSSR count). The van der Waals surface area contributed by atoms with E-state index in [1.54, 1.807) is 29.2 Å². The van der Waals surface area contributed by atoms with Crippen LogP contribution in [0.15, 0.2) is 42.7 Å². The lowest BCUT2D eigenvalue weighted by Crippen LogP contribution is -2.06. The van der Waals surface area contributed by atoms with E-state index >= 15 is 0 Å². The van der Waals surface area contributed by atoms with Gasteiger partial charge in [0.05, 0.1) is 11.1 Å². The fraction of sp³-hybridized carbons (Fsp3) is 0.200. The van der Waals surface area contributed by atoms with Crippen LogP contribution in [0.3, 0.4) is 0 Å². The van der Waals surface area contributed by atoms with Gasteiger partial charge >= 0.3 is 0 Å². The lowest BCUT2D eigenvalue weighted by Gasteiger charge is -2.11. The Labute approximate surface area is 156 Å². The Balaban J connectivity index is 1.79. The first-order valence-corrected chi connectivity index (χ1v) is 8.63. The van der Waals surface area contributed by atoms with Crippen LogP contribution in [-0.2, 0) is 13.6 Å². The molecule has 27 heavy (non-hydrogen) atoms. The van der Waals surface area contributed by atoms with Crippen molar-refractivity contribution in [3.63, 3.8) is 0 Å². The van der Waals surface area contributed by atoms with Crippen LogP contribution in [-0.4, -0.2) is 24.7 Å². The number of anilines is 1. The van der Waals surface area contributed by atoms with E-state index in [0.717, 1.165) is 33.4 Å². The molecular weight excluding hydrogens is 343 g/mol. The van der Waals surface area contributed by atoms with Crippen LogP contribution in [0.25, 0.3) is 22.4 Å². The van der Waals surface area contributed by atoms with E-state index in [9.17, 15) is 4.39 Å². The molecule has 6 nitrogen and oxygen atoms in total. The van der Waals surface area contributed by atoms with Crippen molar-refractivity contribution in [3.8, 4) is 11.4 Å². The standard InChI is InChI=1S/C20H19FN6/c1-12-6-7-16(21)9-15(12)11-23-19-17-13(2)26-27(3)20(17)25-18(24-19)14-5-4-8-22-10-14/h4-10H,11H2,1-3H3,(H,23,24,25). The van der Waals surface area contributed by atoms with Gasteiger partial charge in [-0.2, -0.15) is 5.10 Å². The van der Waals surface area contributed by atoms with Crippen molar-refractivity contribution >= 4 is 16.9 Å². The van der Waals surface area contributed by atoms with E-state index in [4.69, 9.17) is 4.98 Å². The molecule has 0 fully saturated rings. The second-order valence-electron chi connectivity index (χ2n) is 6.47.